The van der Waals surface area contributed by atoms with Gasteiger partial charge in [-0.15, -0.1) is 0 Å². The zero-order chi connectivity index (χ0) is 76.0. The molecule has 0 aliphatic heterocycles. The number of hydrogen-bond acceptors (Lipinski definition) is 15. The van der Waals surface area contributed by atoms with Crippen molar-refractivity contribution in [2.24, 2.45) is 0 Å². The number of carbonyl (C=O) groups is 4. The predicted molar refractivity (Wildman–Crippen MR) is 428 cm³/mol. The summed E-state index contributed by atoms with van der Waals surface area (Å²) in [6.07, 6.45) is 73.5. The zero-order valence-corrected chi connectivity index (χ0v) is 69.8. The van der Waals surface area contributed by atoms with Gasteiger partial charge in [0.25, 0.3) is 0 Å². The van der Waals surface area contributed by atoms with E-state index in [-0.39, 0.29) is 25.7 Å². The first-order valence-electron chi connectivity index (χ1n) is 44.3. The van der Waals surface area contributed by atoms with Crippen LogP contribution in [0.2, 0.25) is 0 Å². The third kappa shape index (κ3) is 78.2. The standard InChI is InChI=1S/C85H166O17P2/c1-5-9-13-17-21-25-29-32-35-37-39-40-42-45-48-52-56-60-64-68-72-85(90)102-81(76-96-83(88)70-66-62-58-54-50-46-44-41-38-36-33-30-26-22-18-14-10-6-2)78-100-104(93,94)98-74-79(86)73-97-103(91,92)99-77-80(75-95-82(87)69-65-61-57-53-49-28-24-20-16-12-8-4)101-84(89)71-67-63-59-55-51-47-43-34-31-27-23-19-15-11-7-3/h79-81,86H,5-78H2,1-4H3,(H,91,92)(H,93,94)/t79-,80+,81+/m0/s1. The summed E-state index contributed by atoms with van der Waals surface area (Å²) in [6.45, 7) is 5.05. The van der Waals surface area contributed by atoms with E-state index in [1.54, 1.807) is 0 Å². The molecule has 0 fully saturated rings. The van der Waals surface area contributed by atoms with Crippen molar-refractivity contribution in [3.05, 3.63) is 0 Å². The van der Waals surface area contributed by atoms with Gasteiger partial charge in [-0.1, -0.05) is 413 Å². The highest BCUT2D eigenvalue weighted by Crippen LogP contribution is 2.45. The lowest BCUT2D eigenvalue weighted by Gasteiger charge is -2.21. The third-order valence-corrected chi connectivity index (χ3v) is 22.0. The van der Waals surface area contributed by atoms with Crippen LogP contribution in [0.4, 0.5) is 0 Å². The Kier molecular flexibility index (Phi) is 77.7. The van der Waals surface area contributed by atoms with E-state index in [9.17, 15) is 43.2 Å². The minimum Gasteiger partial charge on any atom is -0.462 e. The van der Waals surface area contributed by atoms with Gasteiger partial charge in [-0.2, -0.15) is 0 Å². The number of ether oxygens (including phenoxy) is 4. The largest absolute Gasteiger partial charge is 0.472 e. The molecular weight excluding hydrogens is 1350 g/mol. The topological polar surface area (TPSA) is 237 Å². The van der Waals surface area contributed by atoms with Crippen LogP contribution in [0.3, 0.4) is 0 Å². The summed E-state index contributed by atoms with van der Waals surface area (Å²) in [6, 6.07) is 0. The van der Waals surface area contributed by atoms with Gasteiger partial charge < -0.3 is 33.8 Å². The summed E-state index contributed by atoms with van der Waals surface area (Å²) >= 11 is 0. The van der Waals surface area contributed by atoms with E-state index in [4.69, 9.17) is 37.0 Å². The number of phosphoric acid groups is 2. The molecule has 0 aromatic carbocycles. The van der Waals surface area contributed by atoms with Crippen molar-refractivity contribution in [3.63, 3.8) is 0 Å². The average Bonchev–Trinajstić information content (AvgIpc) is 0.909. The SMILES string of the molecule is CCCCCCCCCCCCCCCCCCCCCCC(=O)O[C@H](COC(=O)CCCCCCCCCCCCCCCCCCCC)COP(=O)(O)OC[C@@H](O)COP(=O)(O)OC[C@@H](COC(=O)CCCCCCCCCCCCC)OC(=O)CCCCCCCCCCCCCCCCC. The fraction of sp³-hybridized carbons (Fsp3) is 0.953. The van der Waals surface area contributed by atoms with Crippen molar-refractivity contribution >= 4 is 39.5 Å². The van der Waals surface area contributed by atoms with Crippen LogP contribution < -0.4 is 0 Å². The van der Waals surface area contributed by atoms with Crippen LogP contribution >= 0.6 is 15.6 Å². The molecule has 0 saturated heterocycles. The highest BCUT2D eigenvalue weighted by Gasteiger charge is 2.30. The van der Waals surface area contributed by atoms with Crippen molar-refractivity contribution in [2.45, 2.75) is 483 Å². The van der Waals surface area contributed by atoms with Crippen molar-refractivity contribution in [1.82, 2.24) is 0 Å². The zero-order valence-electron chi connectivity index (χ0n) is 68.0. The minimum absolute atomic E-state index is 0.109. The molecule has 0 heterocycles. The molecule has 17 nitrogen and oxygen atoms in total. The number of rotatable bonds is 86. The molecule has 0 aliphatic rings. The lowest BCUT2D eigenvalue weighted by atomic mass is 10.0. The summed E-state index contributed by atoms with van der Waals surface area (Å²) in [5, 5.41) is 10.7. The Bertz CT molecular complexity index is 1960. The monoisotopic (exact) mass is 1520 g/mol. The molecule has 0 aromatic heterocycles. The Labute approximate surface area is 638 Å². The maximum atomic E-state index is 13.1. The van der Waals surface area contributed by atoms with Crippen LogP contribution in [0.5, 0.6) is 0 Å². The van der Waals surface area contributed by atoms with Gasteiger partial charge in [0.05, 0.1) is 26.4 Å². The quantitative estimate of drug-likeness (QED) is 0.0222. The van der Waals surface area contributed by atoms with E-state index >= 15 is 0 Å². The van der Waals surface area contributed by atoms with Crippen molar-refractivity contribution < 1.29 is 80.2 Å². The highest BCUT2D eigenvalue weighted by atomic mass is 31.2. The molecule has 0 amide bonds. The van der Waals surface area contributed by atoms with Gasteiger partial charge in [-0.05, 0) is 25.7 Å². The molecule has 0 rings (SSSR count). The number of phosphoric ester groups is 2. The van der Waals surface area contributed by atoms with Crippen molar-refractivity contribution in [2.75, 3.05) is 39.6 Å². The van der Waals surface area contributed by atoms with Gasteiger partial charge >= 0.3 is 39.5 Å². The van der Waals surface area contributed by atoms with Gasteiger partial charge in [0.15, 0.2) is 12.2 Å². The number of esters is 4. The van der Waals surface area contributed by atoms with E-state index < -0.39 is 97.5 Å². The number of carbonyl (C=O) groups excluding carboxylic acids is 4. The number of aliphatic hydroxyl groups excluding tert-OH is 1. The Balaban J connectivity index is 5.23. The molecule has 104 heavy (non-hydrogen) atoms. The van der Waals surface area contributed by atoms with Gasteiger partial charge in [0, 0.05) is 25.7 Å². The van der Waals surface area contributed by atoms with Crippen LogP contribution in [0.25, 0.3) is 0 Å². The van der Waals surface area contributed by atoms with E-state index in [0.29, 0.717) is 25.7 Å². The normalized spacial score (nSPS) is 13.7. The second kappa shape index (κ2) is 79.2. The van der Waals surface area contributed by atoms with Gasteiger partial charge in [0.1, 0.15) is 19.3 Å². The second-order valence-corrected chi connectivity index (χ2v) is 33.5. The van der Waals surface area contributed by atoms with Crippen LogP contribution in [0, 0.1) is 0 Å². The van der Waals surface area contributed by atoms with E-state index in [1.165, 1.54) is 295 Å². The summed E-state index contributed by atoms with van der Waals surface area (Å²) in [5.41, 5.74) is 0. The molecule has 0 aliphatic carbocycles. The smallest absolute Gasteiger partial charge is 0.462 e. The Hall–Kier alpha value is -1.94. The fourth-order valence-corrected chi connectivity index (χ4v) is 14.9. The average molecular weight is 1520 g/mol. The van der Waals surface area contributed by atoms with Crippen LogP contribution in [0.15, 0.2) is 0 Å². The summed E-state index contributed by atoms with van der Waals surface area (Å²) in [7, 11) is -9.92. The summed E-state index contributed by atoms with van der Waals surface area (Å²) in [4.78, 5) is 73.2. The highest BCUT2D eigenvalue weighted by molar-refractivity contribution is 7.47. The van der Waals surface area contributed by atoms with Crippen molar-refractivity contribution in [3.8, 4) is 0 Å². The van der Waals surface area contributed by atoms with Crippen LogP contribution in [0.1, 0.15) is 464 Å². The maximum Gasteiger partial charge on any atom is 0.472 e. The van der Waals surface area contributed by atoms with E-state index in [2.05, 4.69) is 27.7 Å². The first-order valence-corrected chi connectivity index (χ1v) is 47.3. The third-order valence-electron chi connectivity index (χ3n) is 20.1. The van der Waals surface area contributed by atoms with Crippen molar-refractivity contribution in [1.29, 1.82) is 0 Å². The first kappa shape index (κ1) is 102. The fourth-order valence-electron chi connectivity index (χ4n) is 13.3. The second-order valence-electron chi connectivity index (χ2n) is 30.6. The molecule has 0 saturated carbocycles. The summed E-state index contributed by atoms with van der Waals surface area (Å²) in [5.74, 6) is -2.10. The molecule has 618 valence electrons. The van der Waals surface area contributed by atoms with Crippen LogP contribution in [-0.4, -0.2) is 96.7 Å². The molecule has 5 atom stereocenters. The van der Waals surface area contributed by atoms with Gasteiger partial charge in [0.2, 0.25) is 0 Å². The predicted octanol–water partition coefficient (Wildman–Crippen LogP) is 26.1. The molecule has 2 unspecified atom stereocenters. The Morgan fingerprint density at radius 1 is 0.231 bits per heavy atom. The molecule has 0 bridgehead atoms. The van der Waals surface area contributed by atoms with E-state index in [0.717, 1.165) is 89.9 Å². The van der Waals surface area contributed by atoms with E-state index in [1.807, 2.05) is 0 Å². The van der Waals surface area contributed by atoms with Crippen LogP contribution in [-0.2, 0) is 65.4 Å². The lowest BCUT2D eigenvalue weighted by molar-refractivity contribution is -0.161. The summed E-state index contributed by atoms with van der Waals surface area (Å²) < 4.78 is 68.9. The Morgan fingerprint density at radius 3 is 0.567 bits per heavy atom. The van der Waals surface area contributed by atoms with Gasteiger partial charge in [-0.25, -0.2) is 9.13 Å². The maximum absolute atomic E-state index is 13.1. The molecular formula is C85H166O17P2. The number of aliphatic hydroxyl groups is 1. The Morgan fingerprint density at radius 2 is 0.385 bits per heavy atom. The molecule has 0 radical (unpaired) electrons. The molecule has 19 heteroatoms. The van der Waals surface area contributed by atoms with Gasteiger partial charge in [-0.3, -0.25) is 37.3 Å². The first-order chi connectivity index (χ1) is 50.7. The number of hydrogen-bond donors (Lipinski definition) is 3. The minimum atomic E-state index is -4.96. The molecule has 0 aromatic rings. The molecule has 0 spiro atoms. The number of unbranched alkanes of at least 4 members (excludes halogenated alkanes) is 60. The molecule has 3 N–H and O–H groups in total. The lowest BCUT2D eigenvalue weighted by Crippen LogP contribution is -2.30.